The van der Waals surface area contributed by atoms with Crippen LogP contribution in [0.1, 0.15) is 56.3 Å². The second-order valence-electron chi connectivity index (χ2n) is 8.29. The van der Waals surface area contributed by atoms with E-state index in [1.165, 1.54) is 5.56 Å². The van der Waals surface area contributed by atoms with Crippen LogP contribution in [0.4, 0.5) is 0 Å². The normalized spacial score (nSPS) is 18.2. The number of ether oxygens (including phenoxy) is 3. The van der Waals surface area contributed by atoms with Crippen LogP contribution in [0.3, 0.4) is 0 Å². The minimum atomic E-state index is -0.551. The number of benzene rings is 2. The van der Waals surface area contributed by atoms with Crippen LogP contribution in [0, 0.1) is 13.8 Å². The number of carbonyl (C=O) groups excluding carboxylic acids is 1. The molecule has 0 unspecified atom stereocenters. The molecule has 1 N–H and O–H groups in total. The Balaban J connectivity index is 1.78. The van der Waals surface area contributed by atoms with E-state index in [-0.39, 0.29) is 11.9 Å². The molecule has 0 aliphatic carbocycles. The van der Waals surface area contributed by atoms with Crippen LogP contribution in [-0.2, 0) is 4.79 Å². The summed E-state index contributed by atoms with van der Waals surface area (Å²) in [5, 5.41) is 3.18. The number of aryl methyl sites for hydroxylation is 2. The molecule has 0 saturated heterocycles. The van der Waals surface area contributed by atoms with Gasteiger partial charge in [0.2, 0.25) is 0 Å². The Labute approximate surface area is 173 Å². The second-order valence-corrected chi connectivity index (χ2v) is 8.29. The van der Waals surface area contributed by atoms with Crippen molar-refractivity contribution in [3.63, 3.8) is 0 Å². The maximum atomic E-state index is 13.0. The number of hydrogen-bond acceptors (Lipinski definition) is 4. The number of methoxy groups -OCH3 is 1. The van der Waals surface area contributed by atoms with Crippen LogP contribution in [0.5, 0.6) is 17.2 Å². The Bertz CT molecular complexity index is 890. The van der Waals surface area contributed by atoms with Crippen molar-refractivity contribution in [2.45, 2.75) is 65.2 Å². The summed E-state index contributed by atoms with van der Waals surface area (Å²) in [6.45, 7) is 10.1. The highest BCUT2D eigenvalue weighted by Crippen LogP contribution is 2.41. The van der Waals surface area contributed by atoms with E-state index in [9.17, 15) is 4.79 Å². The first-order chi connectivity index (χ1) is 13.7. The topological polar surface area (TPSA) is 56.8 Å². The summed E-state index contributed by atoms with van der Waals surface area (Å²) >= 11 is 0. The van der Waals surface area contributed by atoms with E-state index < -0.39 is 11.7 Å². The van der Waals surface area contributed by atoms with Gasteiger partial charge in [-0.15, -0.1) is 0 Å². The van der Waals surface area contributed by atoms with Gasteiger partial charge in [-0.05, 0) is 69.5 Å². The number of carbonyl (C=O) groups is 1. The highest BCUT2D eigenvalue weighted by Gasteiger charge is 2.36. The predicted octanol–water partition coefficient (Wildman–Crippen LogP) is 4.89. The highest BCUT2D eigenvalue weighted by atomic mass is 16.5. The molecule has 0 aromatic heterocycles. The molecule has 0 bridgehead atoms. The summed E-state index contributed by atoms with van der Waals surface area (Å²) in [7, 11) is 1.63. The third-order valence-electron chi connectivity index (χ3n) is 5.41. The zero-order valence-corrected chi connectivity index (χ0v) is 18.2. The third kappa shape index (κ3) is 4.84. The van der Waals surface area contributed by atoms with Crippen molar-refractivity contribution in [3.8, 4) is 17.2 Å². The number of rotatable bonds is 6. The van der Waals surface area contributed by atoms with E-state index in [0.717, 1.165) is 22.6 Å². The zero-order chi connectivity index (χ0) is 21.2. The lowest BCUT2D eigenvalue weighted by atomic mass is 9.89. The summed E-state index contributed by atoms with van der Waals surface area (Å²) in [5.41, 5.74) is 2.91. The quantitative estimate of drug-likeness (QED) is 0.754. The van der Waals surface area contributed by atoms with Crippen LogP contribution < -0.4 is 19.5 Å². The molecule has 5 heteroatoms. The van der Waals surface area contributed by atoms with Crippen LogP contribution in [0.25, 0.3) is 0 Å². The first kappa shape index (κ1) is 21.0. The Morgan fingerprint density at radius 1 is 1.17 bits per heavy atom. The van der Waals surface area contributed by atoms with E-state index in [1.807, 2.05) is 64.1 Å². The Hall–Kier alpha value is -2.69. The number of hydrogen-bond donors (Lipinski definition) is 1. The summed E-state index contributed by atoms with van der Waals surface area (Å²) < 4.78 is 17.5. The highest BCUT2D eigenvalue weighted by molar-refractivity contribution is 5.81. The molecule has 1 aliphatic rings. The van der Waals surface area contributed by atoms with Crippen LogP contribution in [0.15, 0.2) is 36.4 Å². The van der Waals surface area contributed by atoms with Crippen molar-refractivity contribution in [2.75, 3.05) is 7.11 Å². The molecule has 3 rings (SSSR count). The molecule has 1 aliphatic heterocycles. The zero-order valence-electron chi connectivity index (χ0n) is 18.2. The van der Waals surface area contributed by atoms with E-state index in [4.69, 9.17) is 14.2 Å². The average molecular weight is 398 g/mol. The Morgan fingerprint density at radius 3 is 2.55 bits per heavy atom. The number of nitrogens with one attached hydrogen (secondary N) is 1. The van der Waals surface area contributed by atoms with Crippen molar-refractivity contribution in [1.29, 1.82) is 0 Å². The Morgan fingerprint density at radius 2 is 1.90 bits per heavy atom. The first-order valence-electron chi connectivity index (χ1n) is 10.1. The fourth-order valence-corrected chi connectivity index (χ4v) is 3.63. The van der Waals surface area contributed by atoms with Gasteiger partial charge in [0.1, 0.15) is 22.8 Å². The van der Waals surface area contributed by atoms with Gasteiger partial charge in [-0.2, -0.15) is 0 Å². The average Bonchev–Trinajstić information content (AvgIpc) is 2.67. The van der Waals surface area contributed by atoms with Gasteiger partial charge in [-0.1, -0.05) is 13.0 Å². The SMILES string of the molecule is CC[C@H](Oc1ccc(C)c(C)c1)C(=O)N[C@H]1CC(C)(C)Oc2cc(OC)ccc21. The van der Waals surface area contributed by atoms with Gasteiger partial charge >= 0.3 is 0 Å². The van der Waals surface area contributed by atoms with Crippen molar-refractivity contribution in [1.82, 2.24) is 5.32 Å². The minimum absolute atomic E-state index is 0.116. The van der Waals surface area contributed by atoms with Crippen molar-refractivity contribution >= 4 is 5.91 Å². The van der Waals surface area contributed by atoms with Gasteiger partial charge in [-0.25, -0.2) is 0 Å². The van der Waals surface area contributed by atoms with Gasteiger partial charge in [0, 0.05) is 18.1 Å². The molecule has 2 aromatic rings. The maximum absolute atomic E-state index is 13.0. The summed E-state index contributed by atoms with van der Waals surface area (Å²) in [6, 6.07) is 11.5. The summed E-state index contributed by atoms with van der Waals surface area (Å²) in [4.78, 5) is 13.0. The maximum Gasteiger partial charge on any atom is 0.261 e. The molecule has 29 heavy (non-hydrogen) atoms. The molecular formula is C24H31NO4. The molecule has 156 valence electrons. The van der Waals surface area contributed by atoms with Gasteiger partial charge in [0.05, 0.1) is 13.2 Å². The van der Waals surface area contributed by atoms with Crippen molar-refractivity contribution in [2.24, 2.45) is 0 Å². The molecule has 0 radical (unpaired) electrons. The molecule has 0 spiro atoms. The molecule has 2 atom stereocenters. The third-order valence-corrected chi connectivity index (χ3v) is 5.41. The number of fused-ring (bicyclic) bond motifs is 1. The van der Waals surface area contributed by atoms with Crippen molar-refractivity contribution in [3.05, 3.63) is 53.1 Å². The van der Waals surface area contributed by atoms with Crippen LogP contribution >= 0.6 is 0 Å². The molecule has 1 amide bonds. The van der Waals surface area contributed by atoms with E-state index in [0.29, 0.717) is 18.6 Å². The van der Waals surface area contributed by atoms with Crippen LogP contribution in [0.2, 0.25) is 0 Å². The van der Waals surface area contributed by atoms with E-state index in [2.05, 4.69) is 12.2 Å². The minimum Gasteiger partial charge on any atom is -0.497 e. The predicted molar refractivity (Wildman–Crippen MR) is 114 cm³/mol. The molecule has 1 heterocycles. The number of amides is 1. The fraction of sp³-hybridized carbons (Fsp3) is 0.458. The molecule has 2 aromatic carbocycles. The van der Waals surface area contributed by atoms with Gasteiger partial charge in [-0.3, -0.25) is 4.79 Å². The molecule has 0 saturated carbocycles. The molecule has 5 nitrogen and oxygen atoms in total. The monoisotopic (exact) mass is 397 g/mol. The summed E-state index contributed by atoms with van der Waals surface area (Å²) in [6.07, 6.45) is 0.712. The van der Waals surface area contributed by atoms with E-state index in [1.54, 1.807) is 7.11 Å². The fourth-order valence-electron chi connectivity index (χ4n) is 3.63. The summed E-state index contributed by atoms with van der Waals surface area (Å²) in [5.74, 6) is 2.08. The molecular weight excluding hydrogens is 366 g/mol. The second kappa shape index (κ2) is 8.36. The van der Waals surface area contributed by atoms with Gasteiger partial charge in [0.15, 0.2) is 6.10 Å². The Kier molecular flexibility index (Phi) is 6.06. The van der Waals surface area contributed by atoms with Gasteiger partial charge in [0.25, 0.3) is 5.91 Å². The van der Waals surface area contributed by atoms with Gasteiger partial charge < -0.3 is 19.5 Å². The van der Waals surface area contributed by atoms with Crippen LogP contribution in [-0.4, -0.2) is 24.7 Å². The largest absolute Gasteiger partial charge is 0.497 e. The lowest BCUT2D eigenvalue weighted by Crippen LogP contribution is -2.45. The smallest absolute Gasteiger partial charge is 0.261 e. The lowest BCUT2D eigenvalue weighted by Gasteiger charge is -2.38. The molecule has 0 fully saturated rings. The first-order valence-corrected chi connectivity index (χ1v) is 10.1. The van der Waals surface area contributed by atoms with Crippen molar-refractivity contribution < 1.29 is 19.0 Å². The standard InChI is InChI=1S/C24H31NO4/c1-7-21(28-18-9-8-15(2)16(3)12-18)23(26)25-20-14-24(4,5)29-22-13-17(27-6)10-11-19(20)22/h8-13,20-21H,7,14H2,1-6H3,(H,25,26)/t20-,21-/m0/s1. The van der Waals surface area contributed by atoms with E-state index >= 15 is 0 Å². The lowest BCUT2D eigenvalue weighted by molar-refractivity contribution is -0.129.